The van der Waals surface area contributed by atoms with Crippen LogP contribution >= 0.6 is 15.9 Å². The van der Waals surface area contributed by atoms with Crippen molar-refractivity contribution in [2.24, 2.45) is 0 Å². The van der Waals surface area contributed by atoms with Gasteiger partial charge < -0.3 is 9.16 Å². The quantitative estimate of drug-likeness (QED) is 0.409. The van der Waals surface area contributed by atoms with Gasteiger partial charge >= 0.3 is 0 Å². The van der Waals surface area contributed by atoms with Crippen LogP contribution in [0.2, 0.25) is 19.6 Å². The summed E-state index contributed by atoms with van der Waals surface area (Å²) in [6, 6.07) is 0. The van der Waals surface area contributed by atoms with Crippen molar-refractivity contribution in [3.05, 3.63) is 0 Å². The van der Waals surface area contributed by atoms with E-state index in [2.05, 4.69) is 49.4 Å². The third-order valence-corrected chi connectivity index (χ3v) is 4.75. The lowest BCUT2D eigenvalue weighted by Crippen LogP contribution is -2.38. The predicted octanol–water partition coefficient (Wildman–Crippen LogP) is 4.15. The van der Waals surface area contributed by atoms with Crippen LogP contribution in [0.3, 0.4) is 0 Å². The standard InChI is InChI=1S/C9H20O2Si.C5H9BrO/c1-6-9(7-10-9)8(2)11-12(3,4)5;1-3-5(7)4(2)6/h8H,6-7H2,1-5H3;4H,3H2,1-2H3. The molecule has 1 heterocycles. The van der Waals surface area contributed by atoms with Crippen LogP contribution in [0.15, 0.2) is 0 Å². The maximum absolute atomic E-state index is 10.5. The second-order valence-electron chi connectivity index (χ2n) is 6.02. The van der Waals surface area contributed by atoms with Crippen molar-refractivity contribution >= 4 is 30.0 Å². The van der Waals surface area contributed by atoms with Crippen molar-refractivity contribution in [1.82, 2.24) is 0 Å². The van der Waals surface area contributed by atoms with Crippen molar-refractivity contribution < 1.29 is 14.0 Å². The Morgan fingerprint density at radius 1 is 1.37 bits per heavy atom. The summed E-state index contributed by atoms with van der Waals surface area (Å²) in [5, 5.41) is 0. The van der Waals surface area contributed by atoms with Crippen molar-refractivity contribution in [2.75, 3.05) is 6.61 Å². The van der Waals surface area contributed by atoms with Gasteiger partial charge in [0.05, 0.1) is 17.5 Å². The molecule has 114 valence electrons. The van der Waals surface area contributed by atoms with Crippen LogP contribution in [0, 0.1) is 0 Å². The normalized spacial score (nSPS) is 25.1. The number of ether oxygens (including phenoxy) is 1. The Balaban J connectivity index is 0.000000399. The smallest absolute Gasteiger partial charge is 0.184 e. The summed E-state index contributed by atoms with van der Waals surface area (Å²) in [6.07, 6.45) is 1.97. The van der Waals surface area contributed by atoms with Crippen molar-refractivity contribution in [3.63, 3.8) is 0 Å². The summed E-state index contributed by atoms with van der Waals surface area (Å²) < 4.78 is 11.4. The van der Waals surface area contributed by atoms with E-state index in [-0.39, 0.29) is 22.3 Å². The molecule has 5 heteroatoms. The summed E-state index contributed by atoms with van der Waals surface area (Å²) in [5.41, 5.74) is 0.0697. The van der Waals surface area contributed by atoms with Gasteiger partial charge in [-0.05, 0) is 39.9 Å². The third-order valence-electron chi connectivity index (χ3n) is 3.18. The van der Waals surface area contributed by atoms with Crippen LogP contribution < -0.4 is 0 Å². The zero-order valence-electron chi connectivity index (χ0n) is 13.4. The molecule has 0 aliphatic carbocycles. The number of carbonyl (C=O) groups excluding carboxylic acids is 1. The number of ketones is 1. The molecule has 1 aliphatic heterocycles. The van der Waals surface area contributed by atoms with Crippen LogP contribution in [0.5, 0.6) is 0 Å². The zero-order valence-corrected chi connectivity index (χ0v) is 16.0. The Bertz CT molecular complexity index is 283. The van der Waals surface area contributed by atoms with Crippen molar-refractivity contribution in [2.45, 2.75) is 76.7 Å². The van der Waals surface area contributed by atoms with Gasteiger partial charge in [0, 0.05) is 6.42 Å². The minimum Gasteiger partial charge on any atom is -0.412 e. The number of rotatable bonds is 6. The van der Waals surface area contributed by atoms with Crippen LogP contribution in [0.25, 0.3) is 0 Å². The highest BCUT2D eigenvalue weighted by Gasteiger charge is 2.49. The summed E-state index contributed by atoms with van der Waals surface area (Å²) in [7, 11) is -1.39. The van der Waals surface area contributed by atoms with E-state index < -0.39 is 8.32 Å². The van der Waals surface area contributed by atoms with Gasteiger partial charge in [-0.25, -0.2) is 0 Å². The molecule has 0 saturated carbocycles. The summed E-state index contributed by atoms with van der Waals surface area (Å²) in [5.74, 6) is 0.264. The van der Waals surface area contributed by atoms with E-state index in [0.717, 1.165) is 13.0 Å². The molecule has 3 nitrogen and oxygen atoms in total. The predicted molar refractivity (Wildman–Crippen MR) is 86.6 cm³/mol. The van der Waals surface area contributed by atoms with Crippen LogP contribution in [-0.4, -0.2) is 37.2 Å². The maximum atomic E-state index is 10.5. The minimum absolute atomic E-state index is 0.0394. The molecule has 0 aromatic rings. The third kappa shape index (κ3) is 7.59. The van der Waals surface area contributed by atoms with Crippen molar-refractivity contribution in [3.8, 4) is 0 Å². The van der Waals surface area contributed by atoms with E-state index in [9.17, 15) is 4.79 Å². The average molecular weight is 353 g/mol. The molecule has 0 N–H and O–H groups in total. The number of epoxide rings is 1. The molecule has 0 radical (unpaired) electrons. The van der Waals surface area contributed by atoms with Gasteiger partial charge in [0.15, 0.2) is 8.32 Å². The molecule has 0 aromatic heterocycles. The Morgan fingerprint density at radius 3 is 2.00 bits per heavy atom. The van der Waals surface area contributed by atoms with Gasteiger partial charge in [0.1, 0.15) is 11.4 Å². The Morgan fingerprint density at radius 2 is 1.84 bits per heavy atom. The van der Waals surface area contributed by atoms with E-state index in [1.807, 2.05) is 13.8 Å². The first-order valence-corrected chi connectivity index (χ1v) is 11.4. The average Bonchev–Trinajstić information content (AvgIpc) is 3.07. The maximum Gasteiger partial charge on any atom is 0.184 e. The summed E-state index contributed by atoms with van der Waals surface area (Å²) in [6.45, 7) is 15.5. The number of hydrogen-bond donors (Lipinski definition) is 0. The molecule has 0 bridgehead atoms. The highest BCUT2D eigenvalue weighted by atomic mass is 79.9. The van der Waals surface area contributed by atoms with Gasteiger partial charge in [-0.15, -0.1) is 0 Å². The minimum atomic E-state index is -1.39. The van der Waals surface area contributed by atoms with Gasteiger partial charge in [-0.3, -0.25) is 4.79 Å². The SMILES string of the molecule is CCC(=O)C(C)Br.CCC1(C(C)O[Si](C)(C)C)CO1. The molecule has 0 aromatic carbocycles. The molecule has 1 aliphatic rings. The van der Waals surface area contributed by atoms with E-state index in [1.54, 1.807) is 0 Å². The molecule has 0 amide bonds. The zero-order chi connectivity index (χ0) is 15.3. The second kappa shape index (κ2) is 7.91. The number of Topliss-reactive ketones (excluding diaryl/α,β-unsaturated/α-hetero) is 1. The Kier molecular flexibility index (Phi) is 8.03. The van der Waals surface area contributed by atoms with E-state index >= 15 is 0 Å². The number of alkyl halides is 1. The molecular weight excluding hydrogens is 324 g/mol. The molecule has 1 saturated heterocycles. The highest BCUT2D eigenvalue weighted by Crippen LogP contribution is 2.36. The molecule has 1 fully saturated rings. The second-order valence-corrected chi connectivity index (χ2v) is 11.8. The van der Waals surface area contributed by atoms with Crippen LogP contribution in [0.4, 0.5) is 0 Å². The molecule has 3 unspecified atom stereocenters. The number of halogens is 1. The lowest BCUT2D eigenvalue weighted by molar-refractivity contribution is -0.117. The topological polar surface area (TPSA) is 38.8 Å². The Hall–Kier alpha value is 0.287. The fourth-order valence-electron chi connectivity index (χ4n) is 1.74. The largest absolute Gasteiger partial charge is 0.412 e. The van der Waals surface area contributed by atoms with E-state index in [4.69, 9.17) is 9.16 Å². The van der Waals surface area contributed by atoms with Crippen LogP contribution in [-0.2, 0) is 14.0 Å². The lowest BCUT2D eigenvalue weighted by atomic mass is 10.0. The van der Waals surface area contributed by atoms with E-state index in [1.165, 1.54) is 0 Å². The Labute approximate surface area is 127 Å². The monoisotopic (exact) mass is 352 g/mol. The fraction of sp³-hybridized carbons (Fsp3) is 0.929. The summed E-state index contributed by atoms with van der Waals surface area (Å²) in [4.78, 5) is 10.5. The molecule has 3 atom stereocenters. The highest BCUT2D eigenvalue weighted by molar-refractivity contribution is 9.10. The molecule has 1 rings (SSSR count). The first kappa shape index (κ1) is 19.3. The number of carbonyl (C=O) groups is 1. The summed E-state index contributed by atoms with van der Waals surface area (Å²) >= 11 is 3.15. The van der Waals surface area contributed by atoms with Crippen LogP contribution in [0.1, 0.15) is 40.5 Å². The lowest BCUT2D eigenvalue weighted by Gasteiger charge is -2.27. The van der Waals surface area contributed by atoms with E-state index in [0.29, 0.717) is 6.42 Å². The van der Waals surface area contributed by atoms with Crippen molar-refractivity contribution in [1.29, 1.82) is 0 Å². The first-order valence-electron chi connectivity index (χ1n) is 7.06. The molecule has 19 heavy (non-hydrogen) atoms. The first-order chi connectivity index (χ1) is 8.58. The molecular formula is C14H29BrO3Si. The molecule has 0 spiro atoms. The van der Waals surface area contributed by atoms with Gasteiger partial charge in [0.25, 0.3) is 0 Å². The number of hydrogen-bond acceptors (Lipinski definition) is 3. The van der Waals surface area contributed by atoms with Gasteiger partial charge in [0.2, 0.25) is 0 Å². The van der Waals surface area contributed by atoms with Gasteiger partial charge in [-0.2, -0.15) is 0 Å². The van der Waals surface area contributed by atoms with Gasteiger partial charge in [-0.1, -0.05) is 29.8 Å². The fourth-order valence-corrected chi connectivity index (χ4v) is 3.34.